The van der Waals surface area contributed by atoms with E-state index in [2.05, 4.69) is 0 Å². The zero-order chi connectivity index (χ0) is 12.3. The molecule has 0 saturated carbocycles. The molecule has 1 amide bonds. The van der Waals surface area contributed by atoms with E-state index in [1.54, 1.807) is 16.7 Å². The van der Waals surface area contributed by atoms with Gasteiger partial charge < -0.3 is 9.64 Å². The lowest BCUT2D eigenvalue weighted by molar-refractivity contribution is -0.172. The summed E-state index contributed by atoms with van der Waals surface area (Å²) in [6.45, 7) is 7.83. The molecule has 0 aliphatic carbocycles. The van der Waals surface area contributed by atoms with Crippen LogP contribution in [0.4, 0.5) is 0 Å². The van der Waals surface area contributed by atoms with Crippen molar-refractivity contribution in [3.63, 3.8) is 0 Å². The smallest absolute Gasteiger partial charge is 0.330 e. The molecule has 0 N–H and O–H groups in total. The van der Waals surface area contributed by atoms with Gasteiger partial charge in [-0.25, -0.2) is 4.79 Å². The molecule has 90 valence electrons. The maximum Gasteiger partial charge on any atom is 0.330 e. The van der Waals surface area contributed by atoms with E-state index in [9.17, 15) is 9.59 Å². The summed E-state index contributed by atoms with van der Waals surface area (Å²) in [5.74, 6) is -0.269. The van der Waals surface area contributed by atoms with Gasteiger partial charge in [0.1, 0.15) is 6.04 Å². The Labute approximate surface area is 99.7 Å². The first-order chi connectivity index (χ1) is 7.23. The van der Waals surface area contributed by atoms with E-state index in [1.807, 2.05) is 27.7 Å². The molecule has 0 aromatic heterocycles. The Morgan fingerprint density at radius 2 is 1.94 bits per heavy atom. The fraction of sp³-hybridized carbons (Fsp3) is 0.818. The molecule has 0 aromatic rings. The number of ether oxygens (including phenoxy) is 1. The highest BCUT2D eigenvalue weighted by Gasteiger charge is 2.67. The Balaban J connectivity index is 2.34. The van der Waals surface area contributed by atoms with Crippen LogP contribution in [0, 0.1) is 5.41 Å². The van der Waals surface area contributed by atoms with Crippen LogP contribution < -0.4 is 0 Å². The maximum atomic E-state index is 12.0. The number of β-lactam (4-membered cyclic amide) rings is 1. The zero-order valence-electron chi connectivity index (χ0n) is 10.2. The molecule has 0 bridgehead atoms. The number of fused-ring (bicyclic) bond motifs is 1. The molecule has 2 rings (SSSR count). The zero-order valence-corrected chi connectivity index (χ0v) is 11.1. The van der Waals surface area contributed by atoms with Crippen molar-refractivity contribution in [2.24, 2.45) is 5.41 Å². The number of amides is 1. The molecule has 2 aliphatic rings. The van der Waals surface area contributed by atoms with Crippen molar-refractivity contribution in [3.8, 4) is 0 Å². The van der Waals surface area contributed by atoms with Crippen LogP contribution in [-0.2, 0) is 14.3 Å². The second-order valence-corrected chi connectivity index (χ2v) is 7.17. The van der Waals surface area contributed by atoms with Crippen molar-refractivity contribution in [1.29, 1.82) is 0 Å². The highest BCUT2D eigenvalue weighted by atomic mass is 32.2. The summed E-state index contributed by atoms with van der Waals surface area (Å²) in [6.07, 6.45) is 0. The molecule has 16 heavy (non-hydrogen) atoms. The van der Waals surface area contributed by atoms with Gasteiger partial charge in [0.15, 0.2) is 0 Å². The van der Waals surface area contributed by atoms with E-state index < -0.39 is 6.04 Å². The third-order valence-electron chi connectivity index (χ3n) is 3.43. The Kier molecular flexibility index (Phi) is 2.32. The topological polar surface area (TPSA) is 46.6 Å². The third kappa shape index (κ3) is 1.24. The molecule has 2 fully saturated rings. The third-order valence-corrected chi connectivity index (χ3v) is 5.30. The molecule has 0 unspecified atom stereocenters. The van der Waals surface area contributed by atoms with Gasteiger partial charge in [-0.1, -0.05) is 0 Å². The second-order valence-electron chi connectivity index (χ2n) is 5.43. The average Bonchev–Trinajstić information content (AvgIpc) is 2.47. The number of hydrogen-bond donors (Lipinski definition) is 0. The Morgan fingerprint density at radius 1 is 1.38 bits per heavy atom. The van der Waals surface area contributed by atoms with Crippen LogP contribution in [0.1, 0.15) is 27.7 Å². The minimum Gasteiger partial charge on any atom is -0.467 e. The lowest BCUT2D eigenvalue weighted by atomic mass is 9.80. The van der Waals surface area contributed by atoms with Crippen LogP contribution in [0.3, 0.4) is 0 Å². The number of esters is 1. The fourth-order valence-electron chi connectivity index (χ4n) is 2.48. The second kappa shape index (κ2) is 3.15. The van der Waals surface area contributed by atoms with Crippen LogP contribution >= 0.6 is 11.8 Å². The van der Waals surface area contributed by atoms with Gasteiger partial charge in [-0.3, -0.25) is 4.79 Å². The Morgan fingerprint density at radius 3 is 2.44 bits per heavy atom. The molecular formula is C11H17NO3S. The minimum atomic E-state index is -0.451. The molecular weight excluding hydrogens is 226 g/mol. The first-order valence-corrected chi connectivity index (χ1v) is 6.20. The summed E-state index contributed by atoms with van der Waals surface area (Å²) >= 11 is 1.68. The monoisotopic (exact) mass is 243 g/mol. The van der Waals surface area contributed by atoms with Crippen molar-refractivity contribution in [3.05, 3.63) is 0 Å². The molecule has 0 aromatic carbocycles. The summed E-state index contributed by atoms with van der Waals surface area (Å²) < 4.78 is 4.52. The molecule has 5 heteroatoms. The lowest BCUT2D eigenvalue weighted by Crippen LogP contribution is -2.67. The largest absolute Gasteiger partial charge is 0.467 e. The van der Waals surface area contributed by atoms with Gasteiger partial charge in [0.05, 0.1) is 17.9 Å². The van der Waals surface area contributed by atoms with Crippen LogP contribution in [0.15, 0.2) is 0 Å². The molecule has 2 saturated heterocycles. The maximum absolute atomic E-state index is 12.0. The van der Waals surface area contributed by atoms with Crippen LogP contribution in [0.25, 0.3) is 0 Å². The quantitative estimate of drug-likeness (QED) is 0.513. The summed E-state index contributed by atoms with van der Waals surface area (Å²) in [7, 11) is 1.37. The van der Waals surface area contributed by atoms with E-state index in [0.717, 1.165) is 0 Å². The Hall–Kier alpha value is -0.710. The summed E-state index contributed by atoms with van der Waals surface area (Å²) in [5, 5.41) is 0.0964. The standard InChI is InChI=1S/C11H17NO3S/c1-10(2)8(14)12-6(7(13)15-5)11(3,4)16-9(10)12/h6,9H,1-5H3/t6-,9+/m0/s1. The summed E-state index contributed by atoms with van der Waals surface area (Å²) in [5.41, 5.74) is -0.356. The number of methoxy groups -OCH3 is 1. The number of nitrogens with zero attached hydrogens (tertiary/aromatic N) is 1. The van der Waals surface area contributed by atoms with Crippen LogP contribution in [0.2, 0.25) is 0 Å². The van der Waals surface area contributed by atoms with Crippen molar-refractivity contribution < 1.29 is 14.3 Å². The fourth-order valence-corrected chi connectivity index (χ4v) is 4.12. The van der Waals surface area contributed by atoms with Crippen LogP contribution in [-0.4, -0.2) is 40.0 Å². The molecule has 4 nitrogen and oxygen atoms in total. The number of hydrogen-bond acceptors (Lipinski definition) is 4. The highest BCUT2D eigenvalue weighted by molar-refractivity contribution is 8.01. The Bertz CT molecular complexity index is 364. The molecule has 2 heterocycles. The predicted octanol–water partition coefficient (Wildman–Crippen LogP) is 1.25. The summed E-state index contributed by atoms with van der Waals surface area (Å²) in [6, 6.07) is -0.451. The summed E-state index contributed by atoms with van der Waals surface area (Å²) in [4.78, 5) is 25.4. The predicted molar refractivity (Wildman–Crippen MR) is 61.9 cm³/mol. The highest BCUT2D eigenvalue weighted by Crippen LogP contribution is 2.58. The first kappa shape index (κ1) is 11.8. The van der Waals surface area contributed by atoms with Crippen molar-refractivity contribution in [2.45, 2.75) is 43.9 Å². The SMILES string of the molecule is COC(=O)[C@@H]1N2C(=O)C(C)(C)[C@H]2SC1(C)C. The lowest BCUT2D eigenvalue weighted by Gasteiger charge is -2.49. The van der Waals surface area contributed by atoms with E-state index in [-0.39, 0.29) is 27.4 Å². The van der Waals surface area contributed by atoms with E-state index in [4.69, 9.17) is 4.74 Å². The van der Waals surface area contributed by atoms with Gasteiger partial charge in [0.25, 0.3) is 0 Å². The normalized spacial score (nSPS) is 34.3. The molecule has 2 aliphatic heterocycles. The molecule has 0 spiro atoms. The number of carbonyl (C=O) groups excluding carboxylic acids is 2. The van der Waals surface area contributed by atoms with Crippen molar-refractivity contribution in [1.82, 2.24) is 4.90 Å². The van der Waals surface area contributed by atoms with Gasteiger partial charge in [0.2, 0.25) is 5.91 Å². The van der Waals surface area contributed by atoms with Crippen molar-refractivity contribution >= 4 is 23.6 Å². The van der Waals surface area contributed by atoms with Gasteiger partial charge in [-0.05, 0) is 27.7 Å². The van der Waals surface area contributed by atoms with Crippen molar-refractivity contribution in [2.75, 3.05) is 7.11 Å². The number of rotatable bonds is 1. The van der Waals surface area contributed by atoms with Gasteiger partial charge in [0, 0.05) is 4.75 Å². The minimum absolute atomic E-state index is 0.0472. The average molecular weight is 243 g/mol. The van der Waals surface area contributed by atoms with E-state index in [1.165, 1.54) is 7.11 Å². The van der Waals surface area contributed by atoms with Gasteiger partial charge in [-0.2, -0.15) is 0 Å². The first-order valence-electron chi connectivity index (χ1n) is 5.32. The molecule has 2 atom stereocenters. The molecule has 0 radical (unpaired) electrons. The number of carbonyl (C=O) groups is 2. The van der Waals surface area contributed by atoms with Gasteiger partial charge >= 0.3 is 5.97 Å². The van der Waals surface area contributed by atoms with Gasteiger partial charge in [-0.15, -0.1) is 11.8 Å². The van der Waals surface area contributed by atoms with E-state index >= 15 is 0 Å². The van der Waals surface area contributed by atoms with Crippen LogP contribution in [0.5, 0.6) is 0 Å². The number of thioether (sulfide) groups is 1. The van der Waals surface area contributed by atoms with E-state index in [0.29, 0.717) is 0 Å².